The quantitative estimate of drug-likeness (QED) is 0.596. The van der Waals surface area contributed by atoms with Gasteiger partial charge in [0.05, 0.1) is 0 Å². The van der Waals surface area contributed by atoms with Crippen LogP contribution in [0.2, 0.25) is 0 Å². The van der Waals surface area contributed by atoms with E-state index in [1.165, 1.54) is 6.42 Å². The fraction of sp³-hybridized carbons (Fsp3) is 0.500. The minimum Gasteiger partial charge on any atom is -0.468 e. The number of piperidine rings is 1. The molecule has 1 unspecified atom stereocenters. The molecule has 2 rings (SSSR count). The summed E-state index contributed by atoms with van der Waals surface area (Å²) < 4.78 is 10.2. The van der Waals surface area contributed by atoms with Crippen LogP contribution in [-0.4, -0.2) is 37.3 Å². The molecule has 0 aliphatic carbocycles. The Labute approximate surface area is 132 Å². The van der Waals surface area contributed by atoms with Crippen molar-refractivity contribution in [3.8, 4) is 5.75 Å². The predicted molar refractivity (Wildman–Crippen MR) is 87.6 cm³/mol. The Morgan fingerprint density at radius 3 is 2.77 bits per heavy atom. The Morgan fingerprint density at radius 1 is 1.32 bits per heavy atom. The molecule has 1 heterocycles. The number of carbonyl (C=O) groups is 1. The molecule has 0 aromatic heterocycles. The Balaban J connectivity index is 1.93. The van der Waals surface area contributed by atoms with Gasteiger partial charge in [-0.1, -0.05) is 19.1 Å². The van der Waals surface area contributed by atoms with Crippen LogP contribution in [0, 0.1) is 0 Å². The molecule has 22 heavy (non-hydrogen) atoms. The highest BCUT2D eigenvalue weighted by atomic mass is 16.7. The van der Waals surface area contributed by atoms with Crippen molar-refractivity contribution >= 4 is 12.0 Å². The fourth-order valence-corrected chi connectivity index (χ4v) is 2.78. The molecule has 1 aliphatic rings. The van der Waals surface area contributed by atoms with E-state index in [-0.39, 0.29) is 12.7 Å². The molecule has 0 radical (unpaired) electrons. The van der Waals surface area contributed by atoms with Crippen LogP contribution in [0.1, 0.15) is 38.2 Å². The smallest absolute Gasteiger partial charge is 0.246 e. The normalized spacial score (nSPS) is 18.6. The fourth-order valence-electron chi connectivity index (χ4n) is 2.78. The highest BCUT2D eigenvalue weighted by Gasteiger charge is 2.23. The second-order valence-electron chi connectivity index (χ2n) is 5.54. The van der Waals surface area contributed by atoms with Gasteiger partial charge in [-0.3, -0.25) is 4.79 Å². The Hall–Kier alpha value is -1.81. The van der Waals surface area contributed by atoms with E-state index in [4.69, 9.17) is 9.47 Å². The highest BCUT2D eigenvalue weighted by Crippen LogP contribution is 2.20. The van der Waals surface area contributed by atoms with Gasteiger partial charge in [-0.2, -0.15) is 0 Å². The topological polar surface area (TPSA) is 38.8 Å². The van der Waals surface area contributed by atoms with Crippen molar-refractivity contribution in [2.75, 3.05) is 20.4 Å². The van der Waals surface area contributed by atoms with E-state index in [1.54, 1.807) is 13.2 Å². The molecule has 1 aromatic rings. The van der Waals surface area contributed by atoms with Crippen LogP contribution in [0.4, 0.5) is 0 Å². The summed E-state index contributed by atoms with van der Waals surface area (Å²) in [6.07, 6.45) is 8.05. The first-order chi connectivity index (χ1) is 10.7. The minimum absolute atomic E-state index is 0.117. The van der Waals surface area contributed by atoms with Gasteiger partial charge in [0.1, 0.15) is 5.75 Å². The average molecular weight is 303 g/mol. The summed E-state index contributed by atoms with van der Waals surface area (Å²) in [4.78, 5) is 14.4. The zero-order valence-corrected chi connectivity index (χ0v) is 13.5. The molecule has 4 nitrogen and oxygen atoms in total. The summed E-state index contributed by atoms with van der Waals surface area (Å²) in [6.45, 7) is 3.27. The number of carbonyl (C=O) groups excluding carboxylic acids is 1. The van der Waals surface area contributed by atoms with E-state index in [0.29, 0.717) is 6.04 Å². The molecule has 0 bridgehead atoms. The molecule has 0 saturated carbocycles. The minimum atomic E-state index is 0.117. The van der Waals surface area contributed by atoms with Gasteiger partial charge in [-0.15, -0.1) is 0 Å². The number of rotatable bonds is 6. The molecule has 1 saturated heterocycles. The summed E-state index contributed by atoms with van der Waals surface area (Å²) in [5.41, 5.74) is 0.989. The number of hydrogen-bond acceptors (Lipinski definition) is 3. The van der Waals surface area contributed by atoms with Crippen LogP contribution in [-0.2, 0) is 9.53 Å². The molecule has 120 valence electrons. The number of nitrogens with zero attached hydrogens (tertiary/aromatic N) is 1. The molecule has 1 fully saturated rings. The van der Waals surface area contributed by atoms with E-state index in [1.807, 2.05) is 35.2 Å². The third kappa shape index (κ3) is 4.60. The SMILES string of the molecule is CCC1CCCCN1C(=O)/C=C/c1ccc(OCOC)cc1. The van der Waals surface area contributed by atoms with Crippen molar-refractivity contribution in [3.63, 3.8) is 0 Å². The first-order valence-electron chi connectivity index (χ1n) is 7.95. The van der Waals surface area contributed by atoms with Crippen LogP contribution in [0.25, 0.3) is 6.08 Å². The molecule has 1 amide bonds. The second-order valence-corrected chi connectivity index (χ2v) is 5.54. The van der Waals surface area contributed by atoms with Crippen LogP contribution in [0.3, 0.4) is 0 Å². The number of hydrogen-bond donors (Lipinski definition) is 0. The average Bonchev–Trinajstić information content (AvgIpc) is 2.58. The van der Waals surface area contributed by atoms with Crippen molar-refractivity contribution in [3.05, 3.63) is 35.9 Å². The number of likely N-dealkylation sites (tertiary alicyclic amines) is 1. The maximum absolute atomic E-state index is 12.3. The van der Waals surface area contributed by atoms with Crippen molar-refractivity contribution < 1.29 is 14.3 Å². The van der Waals surface area contributed by atoms with Crippen LogP contribution < -0.4 is 4.74 Å². The maximum atomic E-state index is 12.3. The summed E-state index contributed by atoms with van der Waals surface area (Å²) in [5, 5.41) is 0. The summed E-state index contributed by atoms with van der Waals surface area (Å²) in [6, 6.07) is 8.01. The maximum Gasteiger partial charge on any atom is 0.246 e. The van der Waals surface area contributed by atoms with Crippen LogP contribution in [0.15, 0.2) is 30.3 Å². The van der Waals surface area contributed by atoms with Gasteiger partial charge in [0.25, 0.3) is 0 Å². The van der Waals surface area contributed by atoms with E-state index < -0.39 is 0 Å². The standard InChI is InChI=1S/C18H25NO3/c1-3-16-6-4-5-13-19(16)18(20)12-9-15-7-10-17(11-8-15)22-14-21-2/h7-12,16H,3-6,13-14H2,1-2H3/b12-9+. The lowest BCUT2D eigenvalue weighted by molar-refractivity contribution is -0.129. The van der Waals surface area contributed by atoms with E-state index in [9.17, 15) is 4.79 Å². The van der Waals surface area contributed by atoms with E-state index in [2.05, 4.69) is 6.92 Å². The van der Waals surface area contributed by atoms with Gasteiger partial charge in [0, 0.05) is 25.8 Å². The Kier molecular flexibility index (Phi) is 6.46. The van der Waals surface area contributed by atoms with E-state index in [0.717, 1.165) is 37.1 Å². The molecule has 1 aromatic carbocycles. The lowest BCUT2D eigenvalue weighted by Crippen LogP contribution is -2.42. The highest BCUT2D eigenvalue weighted by molar-refractivity contribution is 5.92. The number of benzene rings is 1. The largest absolute Gasteiger partial charge is 0.468 e. The molecule has 1 aliphatic heterocycles. The lowest BCUT2D eigenvalue weighted by Gasteiger charge is -2.34. The molecule has 0 spiro atoms. The summed E-state index contributed by atoms with van der Waals surface area (Å²) >= 11 is 0. The second kappa shape index (κ2) is 8.59. The van der Waals surface area contributed by atoms with Gasteiger partial charge < -0.3 is 14.4 Å². The molecular formula is C18H25NO3. The lowest BCUT2D eigenvalue weighted by atomic mass is 10.00. The van der Waals surface area contributed by atoms with Gasteiger partial charge >= 0.3 is 0 Å². The first-order valence-corrected chi connectivity index (χ1v) is 7.95. The first kappa shape index (κ1) is 16.6. The van der Waals surface area contributed by atoms with Gasteiger partial charge in [0.15, 0.2) is 6.79 Å². The third-order valence-electron chi connectivity index (χ3n) is 4.02. The molecule has 4 heteroatoms. The van der Waals surface area contributed by atoms with Gasteiger partial charge in [0.2, 0.25) is 5.91 Å². The van der Waals surface area contributed by atoms with Crippen LogP contribution in [0.5, 0.6) is 5.75 Å². The van der Waals surface area contributed by atoms with Crippen molar-refractivity contribution in [1.82, 2.24) is 4.90 Å². The number of ether oxygens (including phenoxy) is 2. The van der Waals surface area contributed by atoms with Gasteiger partial charge in [-0.05, 0) is 49.5 Å². The zero-order chi connectivity index (χ0) is 15.8. The zero-order valence-electron chi connectivity index (χ0n) is 13.5. The predicted octanol–water partition coefficient (Wildman–Crippen LogP) is 3.47. The van der Waals surface area contributed by atoms with E-state index >= 15 is 0 Å². The molecule has 1 atom stereocenters. The van der Waals surface area contributed by atoms with Gasteiger partial charge in [-0.25, -0.2) is 0 Å². The molecular weight excluding hydrogens is 278 g/mol. The monoisotopic (exact) mass is 303 g/mol. The Bertz CT molecular complexity index is 496. The summed E-state index contributed by atoms with van der Waals surface area (Å²) in [7, 11) is 1.59. The molecule has 0 N–H and O–H groups in total. The van der Waals surface area contributed by atoms with Crippen molar-refractivity contribution in [1.29, 1.82) is 0 Å². The number of amides is 1. The summed E-state index contributed by atoms with van der Waals surface area (Å²) in [5.74, 6) is 0.874. The Morgan fingerprint density at radius 2 is 2.09 bits per heavy atom. The third-order valence-corrected chi connectivity index (χ3v) is 4.02. The van der Waals surface area contributed by atoms with Crippen LogP contribution >= 0.6 is 0 Å². The van der Waals surface area contributed by atoms with Crippen molar-refractivity contribution in [2.45, 2.75) is 38.6 Å². The number of methoxy groups -OCH3 is 1. The van der Waals surface area contributed by atoms with Crippen molar-refractivity contribution in [2.24, 2.45) is 0 Å².